The molecule has 2 heterocycles. The summed E-state index contributed by atoms with van der Waals surface area (Å²) in [6.07, 6.45) is 2.64. The maximum absolute atomic E-state index is 12.7. The second-order valence-corrected chi connectivity index (χ2v) is 8.75. The van der Waals surface area contributed by atoms with Crippen molar-refractivity contribution in [2.45, 2.75) is 12.8 Å². The molecule has 0 bridgehead atoms. The van der Waals surface area contributed by atoms with Crippen molar-refractivity contribution in [2.75, 3.05) is 34.4 Å². The third-order valence-corrected chi connectivity index (χ3v) is 6.54. The highest BCUT2D eigenvalue weighted by Crippen LogP contribution is 2.40. The Labute approximate surface area is 194 Å². The summed E-state index contributed by atoms with van der Waals surface area (Å²) in [5.74, 6) is 0.820. The SMILES string of the molecule is COc1cc(/C=C2\SC(=O)N(CCNC(=O)CCc3cccs3)C2=O)cc(OC)c1OC. The first-order valence-electron chi connectivity index (χ1n) is 9.81. The third kappa shape index (κ3) is 5.63. The van der Waals surface area contributed by atoms with Gasteiger partial charge in [-0.25, -0.2) is 0 Å². The van der Waals surface area contributed by atoms with Crippen LogP contribution in [-0.4, -0.2) is 56.4 Å². The van der Waals surface area contributed by atoms with Crippen molar-refractivity contribution >= 4 is 46.2 Å². The predicted octanol–water partition coefficient (Wildman–Crippen LogP) is 3.56. The Balaban J connectivity index is 1.60. The van der Waals surface area contributed by atoms with Gasteiger partial charge in [0.15, 0.2) is 11.5 Å². The van der Waals surface area contributed by atoms with E-state index >= 15 is 0 Å². The molecule has 0 spiro atoms. The molecule has 170 valence electrons. The van der Waals surface area contributed by atoms with Crippen molar-refractivity contribution in [2.24, 2.45) is 0 Å². The van der Waals surface area contributed by atoms with Gasteiger partial charge in [-0.15, -0.1) is 11.3 Å². The number of nitrogens with one attached hydrogen (secondary N) is 1. The molecule has 0 atom stereocenters. The summed E-state index contributed by atoms with van der Waals surface area (Å²) in [5.41, 5.74) is 0.631. The van der Waals surface area contributed by atoms with E-state index < -0.39 is 5.91 Å². The van der Waals surface area contributed by atoms with Gasteiger partial charge in [-0.05, 0) is 53.4 Å². The van der Waals surface area contributed by atoms with Gasteiger partial charge in [0, 0.05) is 24.4 Å². The maximum atomic E-state index is 12.7. The van der Waals surface area contributed by atoms with E-state index in [-0.39, 0.29) is 29.1 Å². The lowest BCUT2D eigenvalue weighted by Crippen LogP contribution is -2.37. The molecule has 1 aromatic carbocycles. The fourth-order valence-corrected chi connectivity index (χ4v) is 4.69. The summed E-state index contributed by atoms with van der Waals surface area (Å²) in [6.45, 7) is 0.320. The van der Waals surface area contributed by atoms with Gasteiger partial charge < -0.3 is 19.5 Å². The molecule has 2 aromatic rings. The average molecular weight is 477 g/mol. The Hall–Kier alpha value is -2.98. The second-order valence-electron chi connectivity index (χ2n) is 6.72. The Morgan fingerprint density at radius 1 is 1.12 bits per heavy atom. The van der Waals surface area contributed by atoms with E-state index in [1.165, 1.54) is 21.3 Å². The quantitative estimate of drug-likeness (QED) is 0.524. The second kappa shape index (κ2) is 11.1. The normalized spacial score (nSPS) is 14.7. The minimum absolute atomic E-state index is 0.113. The van der Waals surface area contributed by atoms with Gasteiger partial charge >= 0.3 is 0 Å². The number of rotatable bonds is 10. The molecular weight excluding hydrogens is 452 g/mol. The number of ether oxygens (including phenoxy) is 3. The minimum atomic E-state index is -0.401. The molecule has 32 heavy (non-hydrogen) atoms. The monoisotopic (exact) mass is 476 g/mol. The zero-order valence-corrected chi connectivity index (χ0v) is 19.6. The molecule has 1 aromatic heterocycles. The highest BCUT2D eigenvalue weighted by Gasteiger charge is 2.34. The van der Waals surface area contributed by atoms with Crippen LogP contribution in [0.15, 0.2) is 34.6 Å². The fraction of sp³-hybridized carbons (Fsp3) is 0.318. The van der Waals surface area contributed by atoms with Crippen LogP contribution in [0.1, 0.15) is 16.9 Å². The van der Waals surface area contributed by atoms with Crippen molar-refractivity contribution in [3.63, 3.8) is 0 Å². The first-order chi connectivity index (χ1) is 15.5. The van der Waals surface area contributed by atoms with Gasteiger partial charge in [0.25, 0.3) is 11.1 Å². The molecule has 0 aliphatic carbocycles. The number of hydrogen-bond acceptors (Lipinski definition) is 8. The molecule has 0 saturated carbocycles. The van der Waals surface area contributed by atoms with E-state index in [0.717, 1.165) is 21.5 Å². The van der Waals surface area contributed by atoms with Crippen LogP contribution in [0.2, 0.25) is 0 Å². The summed E-state index contributed by atoms with van der Waals surface area (Å²) in [7, 11) is 4.51. The molecule has 1 aliphatic heterocycles. The lowest BCUT2D eigenvalue weighted by atomic mass is 10.1. The molecule has 10 heteroatoms. The number of hydrogen-bond donors (Lipinski definition) is 1. The topological polar surface area (TPSA) is 94.2 Å². The number of methoxy groups -OCH3 is 3. The standard InChI is InChI=1S/C22H24N2O6S2/c1-28-16-11-14(12-17(29-2)20(16)30-3)13-18-21(26)24(22(27)32-18)9-8-23-19(25)7-6-15-5-4-10-31-15/h4-5,10-13H,6-9H2,1-3H3,(H,23,25)/b18-13-. The van der Waals surface area contributed by atoms with Crippen LogP contribution in [0.4, 0.5) is 4.79 Å². The number of carbonyl (C=O) groups is 3. The molecule has 1 aliphatic rings. The summed E-state index contributed by atoms with van der Waals surface area (Å²) >= 11 is 2.46. The van der Waals surface area contributed by atoms with E-state index in [0.29, 0.717) is 35.7 Å². The number of aryl methyl sites for hydroxylation is 1. The number of thiophene rings is 1. The number of carbonyl (C=O) groups excluding carboxylic acids is 3. The largest absolute Gasteiger partial charge is 0.493 e. The molecule has 1 fully saturated rings. The molecular formula is C22H24N2O6S2. The Bertz CT molecular complexity index is 994. The summed E-state index contributed by atoms with van der Waals surface area (Å²) in [4.78, 5) is 39.6. The zero-order chi connectivity index (χ0) is 23.1. The van der Waals surface area contributed by atoms with Gasteiger partial charge in [0.1, 0.15) is 0 Å². The lowest BCUT2D eigenvalue weighted by molar-refractivity contribution is -0.124. The Morgan fingerprint density at radius 2 is 1.84 bits per heavy atom. The average Bonchev–Trinajstić information content (AvgIpc) is 3.40. The van der Waals surface area contributed by atoms with Gasteiger partial charge in [0.2, 0.25) is 11.7 Å². The fourth-order valence-electron chi connectivity index (χ4n) is 3.12. The van der Waals surface area contributed by atoms with Crippen LogP contribution in [0.5, 0.6) is 17.2 Å². The number of imide groups is 1. The van der Waals surface area contributed by atoms with Crippen LogP contribution in [0.25, 0.3) is 6.08 Å². The molecule has 3 rings (SSSR count). The van der Waals surface area contributed by atoms with Crippen LogP contribution >= 0.6 is 23.1 Å². The first-order valence-corrected chi connectivity index (χ1v) is 11.5. The molecule has 8 nitrogen and oxygen atoms in total. The van der Waals surface area contributed by atoms with Crippen molar-refractivity contribution in [3.8, 4) is 17.2 Å². The highest BCUT2D eigenvalue weighted by molar-refractivity contribution is 8.18. The van der Waals surface area contributed by atoms with Gasteiger partial charge in [-0.2, -0.15) is 0 Å². The Kier molecular flexibility index (Phi) is 8.18. The maximum Gasteiger partial charge on any atom is 0.293 e. The van der Waals surface area contributed by atoms with Gasteiger partial charge in [-0.1, -0.05) is 6.07 Å². The molecule has 0 unspecified atom stereocenters. The van der Waals surface area contributed by atoms with Crippen molar-refractivity contribution < 1.29 is 28.6 Å². The van der Waals surface area contributed by atoms with E-state index in [1.807, 2.05) is 17.5 Å². The predicted molar refractivity (Wildman–Crippen MR) is 124 cm³/mol. The van der Waals surface area contributed by atoms with E-state index in [9.17, 15) is 14.4 Å². The molecule has 0 radical (unpaired) electrons. The first kappa shape index (κ1) is 23.7. The summed E-state index contributed by atoms with van der Waals surface area (Å²) in [5, 5.41) is 4.36. The summed E-state index contributed by atoms with van der Waals surface area (Å²) in [6, 6.07) is 7.33. The van der Waals surface area contributed by atoms with Crippen LogP contribution < -0.4 is 19.5 Å². The minimum Gasteiger partial charge on any atom is -0.493 e. The van der Waals surface area contributed by atoms with Crippen molar-refractivity contribution in [3.05, 3.63) is 45.0 Å². The van der Waals surface area contributed by atoms with Crippen LogP contribution in [0, 0.1) is 0 Å². The number of benzene rings is 1. The molecule has 1 saturated heterocycles. The van der Waals surface area contributed by atoms with Crippen molar-refractivity contribution in [1.82, 2.24) is 10.2 Å². The van der Waals surface area contributed by atoms with Gasteiger partial charge in [0.05, 0.1) is 26.2 Å². The van der Waals surface area contributed by atoms with E-state index in [2.05, 4.69) is 5.32 Å². The smallest absolute Gasteiger partial charge is 0.293 e. The van der Waals surface area contributed by atoms with Crippen LogP contribution in [0.3, 0.4) is 0 Å². The van der Waals surface area contributed by atoms with E-state index in [1.54, 1.807) is 29.5 Å². The van der Waals surface area contributed by atoms with Crippen LogP contribution in [-0.2, 0) is 16.0 Å². The number of nitrogens with zero attached hydrogens (tertiary/aromatic N) is 1. The number of thioether (sulfide) groups is 1. The zero-order valence-electron chi connectivity index (χ0n) is 18.0. The Morgan fingerprint density at radius 3 is 2.44 bits per heavy atom. The number of amides is 3. The summed E-state index contributed by atoms with van der Waals surface area (Å²) < 4.78 is 16.0. The molecule has 1 N–H and O–H groups in total. The highest BCUT2D eigenvalue weighted by atomic mass is 32.2. The van der Waals surface area contributed by atoms with Gasteiger partial charge in [-0.3, -0.25) is 19.3 Å². The van der Waals surface area contributed by atoms with E-state index in [4.69, 9.17) is 14.2 Å². The third-order valence-electron chi connectivity index (χ3n) is 4.69. The lowest BCUT2D eigenvalue weighted by Gasteiger charge is -2.13. The molecule has 3 amide bonds. The van der Waals surface area contributed by atoms with Crippen molar-refractivity contribution in [1.29, 1.82) is 0 Å².